The van der Waals surface area contributed by atoms with Crippen molar-refractivity contribution in [2.24, 2.45) is 0 Å². The summed E-state index contributed by atoms with van der Waals surface area (Å²) in [5.74, 6) is -6.06. The lowest BCUT2D eigenvalue weighted by atomic mass is 10.1. The van der Waals surface area contributed by atoms with Crippen molar-refractivity contribution in [3.05, 3.63) is 35.1 Å². The molecule has 0 aliphatic carbocycles. The van der Waals surface area contributed by atoms with Crippen LogP contribution in [0.1, 0.15) is 23.2 Å². The van der Waals surface area contributed by atoms with E-state index in [0.717, 1.165) is 7.11 Å². The number of esters is 1. The van der Waals surface area contributed by atoms with Gasteiger partial charge < -0.3 is 10.1 Å². The zero-order valence-corrected chi connectivity index (χ0v) is 11.0. The third-order valence-electron chi connectivity index (χ3n) is 2.57. The van der Waals surface area contributed by atoms with Gasteiger partial charge in [-0.15, -0.1) is 0 Å². The molecule has 1 rings (SSSR count). The average molecular weight is 300 g/mol. The predicted octanol–water partition coefficient (Wildman–Crippen LogP) is 1.68. The molecule has 0 aliphatic rings. The Bertz CT molecular complexity index is 576. The highest BCUT2D eigenvalue weighted by Gasteiger charge is 2.25. The lowest BCUT2D eigenvalue weighted by Crippen LogP contribution is -2.42. The summed E-state index contributed by atoms with van der Waals surface area (Å²) in [7, 11) is 1.06. The van der Waals surface area contributed by atoms with Crippen LogP contribution in [0.5, 0.6) is 0 Å². The minimum absolute atomic E-state index is 0.0750. The number of nitrogens with zero attached hydrogens (tertiary/aromatic N) is 1. The van der Waals surface area contributed by atoms with E-state index in [2.05, 4.69) is 10.1 Å². The van der Waals surface area contributed by atoms with E-state index in [0.29, 0.717) is 12.1 Å². The van der Waals surface area contributed by atoms with Gasteiger partial charge >= 0.3 is 5.97 Å². The minimum atomic E-state index is -1.39. The summed E-state index contributed by atoms with van der Waals surface area (Å²) in [6.07, 6.45) is -0.159. The van der Waals surface area contributed by atoms with Crippen molar-refractivity contribution in [1.29, 1.82) is 5.26 Å². The molecule has 1 atom stereocenters. The highest BCUT2D eigenvalue weighted by Crippen LogP contribution is 2.15. The number of hydrogen-bond donors (Lipinski definition) is 1. The first kappa shape index (κ1) is 16.5. The number of nitriles is 1. The SMILES string of the molecule is COC(=O)[C@@H](CCC#N)NC(=O)c1c(F)cc(F)cc1F. The highest BCUT2D eigenvalue weighted by molar-refractivity contribution is 5.97. The zero-order chi connectivity index (χ0) is 16.0. The topological polar surface area (TPSA) is 79.2 Å². The van der Waals surface area contributed by atoms with Gasteiger partial charge in [0.15, 0.2) is 0 Å². The van der Waals surface area contributed by atoms with Gasteiger partial charge in [0.05, 0.1) is 13.2 Å². The van der Waals surface area contributed by atoms with Crippen LogP contribution in [-0.4, -0.2) is 25.0 Å². The maximum absolute atomic E-state index is 13.4. The first-order chi connectivity index (χ1) is 9.90. The van der Waals surface area contributed by atoms with E-state index in [1.807, 2.05) is 0 Å². The van der Waals surface area contributed by atoms with Gasteiger partial charge in [-0.05, 0) is 6.42 Å². The van der Waals surface area contributed by atoms with Gasteiger partial charge in [0, 0.05) is 18.6 Å². The fraction of sp³-hybridized carbons (Fsp3) is 0.308. The van der Waals surface area contributed by atoms with Crippen LogP contribution < -0.4 is 5.32 Å². The lowest BCUT2D eigenvalue weighted by Gasteiger charge is -2.15. The summed E-state index contributed by atoms with van der Waals surface area (Å²) in [4.78, 5) is 23.2. The first-order valence-electron chi connectivity index (χ1n) is 5.81. The molecule has 1 amide bonds. The number of amides is 1. The van der Waals surface area contributed by atoms with Crippen LogP contribution in [0.2, 0.25) is 0 Å². The van der Waals surface area contributed by atoms with Crippen LogP contribution in [0.3, 0.4) is 0 Å². The number of carbonyl (C=O) groups excluding carboxylic acids is 2. The van der Waals surface area contributed by atoms with Crippen molar-refractivity contribution in [1.82, 2.24) is 5.32 Å². The summed E-state index contributed by atoms with van der Waals surface area (Å²) in [6, 6.07) is 1.23. The summed E-state index contributed by atoms with van der Waals surface area (Å²) >= 11 is 0. The molecular formula is C13H11F3N2O3. The van der Waals surface area contributed by atoms with Crippen molar-refractivity contribution >= 4 is 11.9 Å². The van der Waals surface area contributed by atoms with Crippen LogP contribution in [0.15, 0.2) is 12.1 Å². The third kappa shape index (κ3) is 4.21. The molecule has 1 aromatic rings. The van der Waals surface area contributed by atoms with Gasteiger partial charge in [0.1, 0.15) is 29.1 Å². The van der Waals surface area contributed by atoms with Crippen molar-refractivity contribution < 1.29 is 27.5 Å². The first-order valence-corrected chi connectivity index (χ1v) is 5.81. The Morgan fingerprint density at radius 2 is 1.90 bits per heavy atom. The van der Waals surface area contributed by atoms with E-state index in [-0.39, 0.29) is 12.8 Å². The van der Waals surface area contributed by atoms with Crippen LogP contribution in [-0.2, 0) is 9.53 Å². The molecule has 5 nitrogen and oxygen atoms in total. The predicted molar refractivity (Wildman–Crippen MR) is 64.4 cm³/mol. The second-order valence-corrected chi connectivity index (χ2v) is 3.99. The summed E-state index contributed by atoms with van der Waals surface area (Å²) < 4.78 is 44.1. The highest BCUT2D eigenvalue weighted by atomic mass is 19.1. The summed E-state index contributed by atoms with van der Waals surface area (Å²) in [5, 5.41) is 10.5. The molecule has 112 valence electrons. The number of halogens is 3. The van der Waals surface area contributed by atoms with Crippen molar-refractivity contribution in [2.75, 3.05) is 7.11 Å². The van der Waals surface area contributed by atoms with Crippen LogP contribution in [0.25, 0.3) is 0 Å². The molecule has 1 N–H and O–H groups in total. The summed E-state index contributed by atoms with van der Waals surface area (Å²) in [6.45, 7) is 0. The smallest absolute Gasteiger partial charge is 0.328 e. The number of carbonyl (C=O) groups is 2. The monoisotopic (exact) mass is 300 g/mol. The Balaban J connectivity index is 2.97. The number of methoxy groups -OCH3 is 1. The van der Waals surface area contributed by atoms with E-state index in [1.54, 1.807) is 6.07 Å². The van der Waals surface area contributed by atoms with E-state index < -0.39 is 40.9 Å². The molecule has 0 saturated heterocycles. The molecule has 0 aliphatic heterocycles. The van der Waals surface area contributed by atoms with Gasteiger partial charge in [-0.1, -0.05) is 0 Å². The van der Waals surface area contributed by atoms with Crippen LogP contribution in [0.4, 0.5) is 13.2 Å². The Kier molecular flexibility index (Phi) is 5.72. The fourth-order valence-electron chi connectivity index (χ4n) is 1.59. The molecule has 0 saturated carbocycles. The number of rotatable bonds is 5. The number of ether oxygens (including phenoxy) is 1. The van der Waals surface area contributed by atoms with Gasteiger partial charge in [-0.3, -0.25) is 4.79 Å². The molecule has 1 aromatic carbocycles. The second kappa shape index (κ2) is 7.28. The number of hydrogen-bond acceptors (Lipinski definition) is 4. The van der Waals surface area contributed by atoms with Gasteiger partial charge in [0.25, 0.3) is 5.91 Å². The quantitative estimate of drug-likeness (QED) is 0.839. The normalized spacial score (nSPS) is 11.4. The Morgan fingerprint density at radius 3 is 2.38 bits per heavy atom. The Hall–Kier alpha value is -2.56. The molecule has 0 bridgehead atoms. The number of benzene rings is 1. The van der Waals surface area contributed by atoms with E-state index in [1.165, 1.54) is 0 Å². The van der Waals surface area contributed by atoms with Gasteiger partial charge in [-0.25, -0.2) is 18.0 Å². The molecule has 21 heavy (non-hydrogen) atoms. The molecule has 0 spiro atoms. The average Bonchev–Trinajstić information content (AvgIpc) is 2.41. The van der Waals surface area contributed by atoms with Crippen molar-refractivity contribution in [2.45, 2.75) is 18.9 Å². The maximum Gasteiger partial charge on any atom is 0.328 e. The fourth-order valence-corrected chi connectivity index (χ4v) is 1.59. The molecule has 0 unspecified atom stereocenters. The van der Waals surface area contributed by atoms with E-state index in [9.17, 15) is 22.8 Å². The summed E-state index contributed by atoms with van der Waals surface area (Å²) in [5.41, 5.74) is -1.01. The van der Waals surface area contributed by atoms with E-state index in [4.69, 9.17) is 5.26 Å². The molecule has 0 radical (unpaired) electrons. The molecule has 8 heteroatoms. The van der Waals surface area contributed by atoms with Gasteiger partial charge in [0.2, 0.25) is 0 Å². The van der Waals surface area contributed by atoms with Crippen LogP contribution >= 0.6 is 0 Å². The standard InChI is InChI=1S/C13H11F3N2O3/c1-21-13(20)10(3-2-4-17)18-12(19)11-8(15)5-7(14)6-9(11)16/h5-6,10H,2-3H2,1H3,(H,18,19)/t10-/m1/s1. The minimum Gasteiger partial charge on any atom is -0.467 e. The molecule has 0 aromatic heterocycles. The Morgan fingerprint density at radius 1 is 1.33 bits per heavy atom. The second-order valence-electron chi connectivity index (χ2n) is 3.99. The number of nitrogens with one attached hydrogen (secondary N) is 1. The molecular weight excluding hydrogens is 289 g/mol. The maximum atomic E-state index is 13.4. The third-order valence-corrected chi connectivity index (χ3v) is 2.57. The van der Waals surface area contributed by atoms with Gasteiger partial charge in [-0.2, -0.15) is 5.26 Å². The molecule has 0 fully saturated rings. The van der Waals surface area contributed by atoms with Crippen molar-refractivity contribution in [3.8, 4) is 6.07 Å². The van der Waals surface area contributed by atoms with E-state index >= 15 is 0 Å². The van der Waals surface area contributed by atoms with Crippen LogP contribution in [0, 0.1) is 28.8 Å². The lowest BCUT2D eigenvalue weighted by molar-refractivity contribution is -0.143. The zero-order valence-electron chi connectivity index (χ0n) is 11.0. The Labute approximate surface area is 118 Å². The van der Waals surface area contributed by atoms with Crippen molar-refractivity contribution in [3.63, 3.8) is 0 Å². The molecule has 0 heterocycles. The largest absolute Gasteiger partial charge is 0.467 e.